The molecule has 3 fully saturated rings. The number of fused-ring (bicyclic) bond motifs is 5. The van der Waals surface area contributed by atoms with Gasteiger partial charge in [0.05, 0.1) is 29.1 Å². The van der Waals surface area contributed by atoms with E-state index < -0.39 is 73.3 Å². The van der Waals surface area contributed by atoms with Crippen LogP contribution in [-0.4, -0.2) is 103 Å². The number of sulfonamides is 1. The van der Waals surface area contributed by atoms with Crippen LogP contribution in [-0.2, 0) is 40.3 Å². The normalized spacial score (nSPS) is 28.1. The van der Waals surface area contributed by atoms with Gasteiger partial charge < -0.3 is 34.5 Å². The molecule has 1 aromatic heterocycles. The lowest BCUT2D eigenvalue weighted by molar-refractivity contribution is -0.144. The number of ether oxygens (including phenoxy) is 4. The zero-order valence-electron chi connectivity index (χ0n) is 35.1. The summed E-state index contributed by atoms with van der Waals surface area (Å²) in [4.78, 5) is 63.4. The molecule has 4 amide bonds. The van der Waals surface area contributed by atoms with Crippen LogP contribution >= 0.6 is 0 Å². The van der Waals surface area contributed by atoms with Crippen LogP contribution in [0.4, 0.5) is 4.79 Å². The molecule has 0 radical (unpaired) electrons. The van der Waals surface area contributed by atoms with Gasteiger partial charge in [-0.05, 0) is 111 Å². The molecule has 7 rings (SSSR count). The average molecular weight is 838 g/mol. The van der Waals surface area contributed by atoms with Gasteiger partial charge in [-0.15, -0.1) is 0 Å². The Morgan fingerprint density at radius 3 is 2.54 bits per heavy atom. The highest BCUT2D eigenvalue weighted by atomic mass is 32.2. The van der Waals surface area contributed by atoms with Gasteiger partial charge in [0.2, 0.25) is 21.8 Å². The maximum absolute atomic E-state index is 14.9. The van der Waals surface area contributed by atoms with E-state index in [4.69, 9.17) is 23.9 Å². The number of alkyl carbamates (subject to hydrolysis) is 1. The number of hydrogen-bond acceptors (Lipinski definition) is 11. The first kappa shape index (κ1) is 42.7. The highest BCUT2D eigenvalue weighted by molar-refractivity contribution is 7.91. The number of carbonyl (C=O) groups excluding carboxylic acids is 4. The van der Waals surface area contributed by atoms with Crippen LogP contribution in [0.3, 0.4) is 0 Å². The molecule has 5 aliphatic rings. The molecule has 2 aromatic rings. The Kier molecular flexibility index (Phi) is 11.7. The Balaban J connectivity index is 1.24. The summed E-state index contributed by atoms with van der Waals surface area (Å²) in [5.41, 5.74) is -0.978. The van der Waals surface area contributed by atoms with E-state index in [1.54, 1.807) is 34.8 Å². The smallest absolute Gasteiger partial charge is 0.408 e. The minimum atomic E-state index is -4.01. The predicted molar refractivity (Wildman–Crippen MR) is 219 cm³/mol. The minimum Gasteiger partial charge on any atom is -0.491 e. The molecule has 1 spiro atoms. The molecule has 1 aromatic carbocycles. The van der Waals surface area contributed by atoms with Crippen molar-refractivity contribution in [3.05, 3.63) is 41.6 Å². The molecule has 3 N–H and O–H groups in total. The maximum atomic E-state index is 14.9. The quantitative estimate of drug-likeness (QED) is 0.242. The molecule has 59 heavy (non-hydrogen) atoms. The van der Waals surface area contributed by atoms with Crippen LogP contribution in [0.2, 0.25) is 0 Å². The molecule has 16 heteroatoms. The molecule has 2 saturated carbocycles. The van der Waals surface area contributed by atoms with Crippen LogP contribution < -0.4 is 24.8 Å². The number of carbonyl (C=O) groups is 4. The van der Waals surface area contributed by atoms with Gasteiger partial charge in [0, 0.05) is 30.4 Å². The first-order valence-electron chi connectivity index (χ1n) is 21.0. The van der Waals surface area contributed by atoms with Crippen molar-refractivity contribution in [1.82, 2.24) is 25.2 Å². The lowest BCUT2D eigenvalue weighted by Gasteiger charge is -2.48. The van der Waals surface area contributed by atoms with Crippen molar-refractivity contribution in [2.45, 2.75) is 145 Å². The average Bonchev–Trinajstić information content (AvgIpc) is 3.83. The van der Waals surface area contributed by atoms with Gasteiger partial charge >= 0.3 is 6.09 Å². The van der Waals surface area contributed by atoms with Gasteiger partial charge in [0.25, 0.3) is 5.91 Å². The van der Waals surface area contributed by atoms with E-state index >= 15 is 0 Å². The first-order valence-corrected chi connectivity index (χ1v) is 22.5. The number of allylic oxidation sites excluding steroid dienone is 1. The summed E-state index contributed by atoms with van der Waals surface area (Å²) in [6.07, 6.45) is 9.12. The van der Waals surface area contributed by atoms with E-state index in [2.05, 4.69) is 15.4 Å². The van der Waals surface area contributed by atoms with E-state index in [0.717, 1.165) is 29.3 Å². The molecule has 5 atom stereocenters. The zero-order valence-corrected chi connectivity index (χ0v) is 35.9. The molecular formula is C43H59N5O10S. The molecule has 1 saturated heterocycles. The van der Waals surface area contributed by atoms with Crippen LogP contribution in [0.5, 0.6) is 11.5 Å². The maximum Gasteiger partial charge on any atom is 0.408 e. The number of hydrogen-bond donors (Lipinski definition) is 3. The summed E-state index contributed by atoms with van der Waals surface area (Å²) in [5.74, 6) is -1.04. The molecule has 4 heterocycles. The molecule has 3 aliphatic heterocycles. The lowest BCUT2D eigenvalue weighted by atomic mass is 9.65. The van der Waals surface area contributed by atoms with Gasteiger partial charge in [-0.3, -0.25) is 19.1 Å². The SMILES string of the molecule is COCCOc1ccc2nc(C)c3c(c2c1)CCC1(CC2C(=O)NC4(C(=O)NS(=O)(=O)C5(C)CC5)CCC4C=CCCCCCC(NC(=O)OC(C)(C)C)C(=O)N2C1)O3. The van der Waals surface area contributed by atoms with Crippen LogP contribution in [0.15, 0.2) is 30.4 Å². The van der Waals surface area contributed by atoms with E-state index in [0.29, 0.717) is 81.8 Å². The van der Waals surface area contributed by atoms with Crippen molar-refractivity contribution >= 4 is 44.7 Å². The molecular weight excluding hydrogens is 779 g/mol. The summed E-state index contributed by atoms with van der Waals surface area (Å²) < 4.78 is 51.6. The predicted octanol–water partition coefficient (Wildman–Crippen LogP) is 4.91. The fourth-order valence-corrected chi connectivity index (χ4v) is 10.1. The van der Waals surface area contributed by atoms with E-state index in [9.17, 15) is 27.6 Å². The molecule has 5 unspecified atom stereocenters. The van der Waals surface area contributed by atoms with Gasteiger partial charge in [0.1, 0.15) is 46.9 Å². The van der Waals surface area contributed by atoms with Crippen LogP contribution in [0.1, 0.15) is 110 Å². The number of nitrogens with zero attached hydrogens (tertiary/aromatic N) is 2. The number of pyridine rings is 1. The lowest BCUT2D eigenvalue weighted by Crippen LogP contribution is -2.70. The molecule has 15 nitrogen and oxygen atoms in total. The minimum absolute atomic E-state index is 0.0305. The van der Waals surface area contributed by atoms with Gasteiger partial charge in [-0.25, -0.2) is 18.2 Å². The number of rotatable bonds is 8. The van der Waals surface area contributed by atoms with E-state index in [1.165, 1.54) is 4.90 Å². The number of methoxy groups -OCH3 is 1. The zero-order chi connectivity index (χ0) is 42.4. The fourth-order valence-electron chi connectivity index (χ4n) is 8.83. The number of amides is 4. The Morgan fingerprint density at radius 2 is 1.85 bits per heavy atom. The second kappa shape index (κ2) is 16.2. The molecule has 0 bridgehead atoms. The number of benzene rings is 1. The van der Waals surface area contributed by atoms with Crippen molar-refractivity contribution < 1.29 is 46.5 Å². The standard InChI is InChI=1S/C43H59N5O10S/c1-27-35-30(31-24-29(56-23-22-55-6)14-15-32(31)44-27)17-18-42(57-35)25-34-36(49)46-43(38(51)47-59(53,54)41(5)20-21-41)19-16-28(43)12-10-8-7-9-11-13-33(37(50)48(34)26-42)45-39(52)58-40(2,3)4/h10,12,14-15,24,28,33-34H,7-9,11,13,16-23,25-26H2,1-6H3,(H,45,52)(H,46,49)(H,47,51). The largest absolute Gasteiger partial charge is 0.491 e. The summed E-state index contributed by atoms with van der Waals surface area (Å²) in [6.45, 7) is 9.56. The summed E-state index contributed by atoms with van der Waals surface area (Å²) >= 11 is 0. The molecule has 322 valence electrons. The first-order chi connectivity index (χ1) is 27.9. The Bertz CT molecular complexity index is 2130. The van der Waals surface area contributed by atoms with Crippen molar-refractivity contribution in [1.29, 1.82) is 0 Å². The number of aromatic nitrogens is 1. The van der Waals surface area contributed by atoms with Crippen LogP contribution in [0, 0.1) is 12.8 Å². The van der Waals surface area contributed by atoms with Gasteiger partial charge in [-0.1, -0.05) is 25.0 Å². The Labute approximate surface area is 346 Å². The summed E-state index contributed by atoms with van der Waals surface area (Å²) in [6, 6.07) is 3.60. The summed E-state index contributed by atoms with van der Waals surface area (Å²) in [5, 5.41) is 6.70. The van der Waals surface area contributed by atoms with Crippen molar-refractivity contribution in [2.24, 2.45) is 5.92 Å². The van der Waals surface area contributed by atoms with Crippen molar-refractivity contribution in [2.75, 3.05) is 26.9 Å². The van der Waals surface area contributed by atoms with Crippen molar-refractivity contribution in [3.63, 3.8) is 0 Å². The van der Waals surface area contributed by atoms with E-state index in [-0.39, 0.29) is 19.4 Å². The third-order valence-corrected chi connectivity index (χ3v) is 14.8. The Hall–Kier alpha value is -4.44. The highest BCUT2D eigenvalue weighted by Gasteiger charge is 2.59. The van der Waals surface area contributed by atoms with Gasteiger partial charge in [-0.2, -0.15) is 0 Å². The highest BCUT2D eigenvalue weighted by Crippen LogP contribution is 2.47. The molecule has 2 aliphatic carbocycles. The fraction of sp³-hybridized carbons (Fsp3) is 0.651. The Morgan fingerprint density at radius 1 is 1.07 bits per heavy atom. The van der Waals surface area contributed by atoms with Crippen LogP contribution in [0.25, 0.3) is 10.9 Å². The second-order valence-electron chi connectivity index (χ2n) is 18.3. The number of aryl methyl sites for hydroxylation is 2. The number of nitrogens with one attached hydrogen (secondary N) is 3. The van der Waals surface area contributed by atoms with E-state index in [1.807, 2.05) is 37.3 Å². The van der Waals surface area contributed by atoms with Gasteiger partial charge in [0.15, 0.2) is 0 Å². The summed E-state index contributed by atoms with van der Waals surface area (Å²) in [7, 11) is -2.40. The third kappa shape index (κ3) is 8.75. The second-order valence-corrected chi connectivity index (χ2v) is 20.4. The van der Waals surface area contributed by atoms with Crippen molar-refractivity contribution in [3.8, 4) is 11.5 Å². The third-order valence-electron chi connectivity index (χ3n) is 12.7. The topological polar surface area (TPSA) is 192 Å². The monoisotopic (exact) mass is 837 g/mol.